The molecule has 2 atom stereocenters. The molecule has 3 heteroatoms. The van der Waals surface area contributed by atoms with E-state index in [9.17, 15) is 4.79 Å². The first kappa shape index (κ1) is 17.5. The Labute approximate surface area is 137 Å². The second kappa shape index (κ2) is 5.99. The van der Waals surface area contributed by atoms with Crippen molar-refractivity contribution in [3.8, 4) is 0 Å². The Morgan fingerprint density at radius 1 is 1.14 bits per heavy atom. The van der Waals surface area contributed by atoms with Crippen LogP contribution in [0.1, 0.15) is 60.3 Å². The van der Waals surface area contributed by atoms with Crippen molar-refractivity contribution in [2.45, 2.75) is 78.4 Å². The summed E-state index contributed by atoms with van der Waals surface area (Å²) < 4.78 is 6.58. The van der Waals surface area contributed by atoms with E-state index in [2.05, 4.69) is 46.9 Å². The van der Waals surface area contributed by atoms with Crippen molar-refractivity contribution in [1.82, 2.24) is 0 Å². The molecule has 0 bridgehead atoms. The monoisotopic (exact) mass is 320 g/mol. The molecule has 0 saturated carbocycles. The van der Waals surface area contributed by atoms with Gasteiger partial charge in [-0.2, -0.15) is 0 Å². The molecule has 2 aliphatic carbocycles. The maximum atomic E-state index is 11.7. The van der Waals surface area contributed by atoms with Crippen LogP contribution in [0, 0.1) is 11.8 Å². The maximum absolute atomic E-state index is 11.7. The van der Waals surface area contributed by atoms with Crippen molar-refractivity contribution < 1.29 is 9.22 Å². The van der Waals surface area contributed by atoms with Crippen molar-refractivity contribution in [2.75, 3.05) is 0 Å². The van der Waals surface area contributed by atoms with Crippen LogP contribution in [-0.4, -0.2) is 14.1 Å². The molecule has 0 aliphatic heterocycles. The Kier molecular flexibility index (Phi) is 4.77. The van der Waals surface area contributed by atoms with E-state index in [-0.39, 0.29) is 5.04 Å². The van der Waals surface area contributed by atoms with E-state index >= 15 is 0 Å². The highest BCUT2D eigenvalue weighted by Crippen LogP contribution is 2.45. The van der Waals surface area contributed by atoms with Gasteiger partial charge in [0.05, 0.1) is 5.76 Å². The van der Waals surface area contributed by atoms with E-state index in [1.54, 1.807) is 0 Å². The third-order valence-corrected chi connectivity index (χ3v) is 10.4. The van der Waals surface area contributed by atoms with Gasteiger partial charge in [0.25, 0.3) is 0 Å². The normalized spacial score (nSPS) is 27.2. The largest absolute Gasteiger partial charge is 0.547 e. The topological polar surface area (TPSA) is 26.3 Å². The van der Waals surface area contributed by atoms with Gasteiger partial charge in [0.2, 0.25) is 8.32 Å². The fourth-order valence-electron chi connectivity index (χ4n) is 3.34. The zero-order chi connectivity index (χ0) is 16.7. The number of Topliss-reactive ketones (excluding diaryl/α,β-unsaturated/α-hetero) is 1. The Bertz CT molecular complexity index is 520. The summed E-state index contributed by atoms with van der Waals surface area (Å²) in [7, 11) is -1.74. The summed E-state index contributed by atoms with van der Waals surface area (Å²) >= 11 is 0. The number of rotatable bonds is 3. The summed E-state index contributed by atoms with van der Waals surface area (Å²) in [5.74, 6) is 2.68. The minimum absolute atomic E-state index is 0.242. The molecule has 0 radical (unpaired) electrons. The molecule has 0 saturated heterocycles. The van der Waals surface area contributed by atoms with Crippen LogP contribution in [0.3, 0.4) is 0 Å². The summed E-state index contributed by atoms with van der Waals surface area (Å²) in [6.07, 6.45) is 6.19. The molecule has 0 spiro atoms. The highest BCUT2D eigenvalue weighted by atomic mass is 28.4. The Morgan fingerprint density at radius 2 is 1.77 bits per heavy atom. The predicted octanol–water partition coefficient (Wildman–Crippen LogP) is 5.62. The van der Waals surface area contributed by atoms with Crippen molar-refractivity contribution >= 4 is 14.1 Å². The molecule has 0 aromatic heterocycles. The van der Waals surface area contributed by atoms with Crippen LogP contribution in [0.4, 0.5) is 0 Å². The maximum Gasteiger partial charge on any atom is 0.250 e. The average molecular weight is 321 g/mol. The lowest BCUT2D eigenvalue weighted by atomic mass is 9.79. The van der Waals surface area contributed by atoms with Crippen LogP contribution in [0.5, 0.6) is 0 Å². The number of hydrogen-bond donors (Lipinski definition) is 0. The average Bonchev–Trinajstić information content (AvgIpc) is 2.73. The predicted molar refractivity (Wildman–Crippen MR) is 95.2 cm³/mol. The molecule has 0 aromatic carbocycles. The molecule has 2 rings (SSSR count). The zero-order valence-electron chi connectivity index (χ0n) is 15.4. The molecule has 124 valence electrons. The Morgan fingerprint density at radius 3 is 2.32 bits per heavy atom. The molecule has 0 heterocycles. The van der Waals surface area contributed by atoms with Crippen LogP contribution in [0.25, 0.3) is 0 Å². The second-order valence-corrected chi connectivity index (χ2v) is 13.3. The summed E-state index contributed by atoms with van der Waals surface area (Å²) in [6.45, 7) is 15.7. The van der Waals surface area contributed by atoms with E-state index in [0.29, 0.717) is 17.6 Å². The quantitative estimate of drug-likeness (QED) is 0.631. The molecule has 0 amide bonds. The first-order valence-electron chi connectivity index (χ1n) is 8.63. The van der Waals surface area contributed by atoms with Gasteiger partial charge >= 0.3 is 0 Å². The summed E-state index contributed by atoms with van der Waals surface area (Å²) in [4.78, 5) is 11.7. The van der Waals surface area contributed by atoms with Gasteiger partial charge in [-0.1, -0.05) is 26.8 Å². The van der Waals surface area contributed by atoms with E-state index in [1.165, 1.54) is 17.8 Å². The van der Waals surface area contributed by atoms with Gasteiger partial charge in [-0.05, 0) is 67.8 Å². The molecule has 2 aliphatic rings. The van der Waals surface area contributed by atoms with Gasteiger partial charge < -0.3 is 4.43 Å². The fourth-order valence-corrected chi connectivity index (χ4v) is 4.53. The van der Waals surface area contributed by atoms with Crippen molar-refractivity contribution in [3.05, 3.63) is 23.0 Å². The van der Waals surface area contributed by atoms with E-state index in [1.807, 2.05) is 6.92 Å². The number of carbonyl (C=O) groups excluding carboxylic acids is 1. The first-order chi connectivity index (χ1) is 10.0. The third kappa shape index (κ3) is 3.39. The highest BCUT2D eigenvalue weighted by Gasteiger charge is 2.41. The highest BCUT2D eigenvalue weighted by molar-refractivity contribution is 6.74. The minimum Gasteiger partial charge on any atom is -0.547 e. The summed E-state index contributed by atoms with van der Waals surface area (Å²) in [6, 6.07) is 0. The fraction of sp³-hybridized carbons (Fsp3) is 0.737. The third-order valence-electron chi connectivity index (χ3n) is 5.99. The van der Waals surface area contributed by atoms with Crippen LogP contribution in [-0.2, 0) is 9.22 Å². The Balaban J connectivity index is 2.16. The van der Waals surface area contributed by atoms with Crippen molar-refractivity contribution in [3.63, 3.8) is 0 Å². The number of ketones is 1. The van der Waals surface area contributed by atoms with Gasteiger partial charge in [-0.15, -0.1) is 0 Å². The lowest BCUT2D eigenvalue weighted by Crippen LogP contribution is -2.40. The van der Waals surface area contributed by atoms with E-state index < -0.39 is 8.32 Å². The lowest BCUT2D eigenvalue weighted by molar-refractivity contribution is -0.116. The molecular weight excluding hydrogens is 288 g/mol. The van der Waals surface area contributed by atoms with Gasteiger partial charge in [0.1, 0.15) is 0 Å². The molecule has 22 heavy (non-hydrogen) atoms. The number of allylic oxidation sites excluding steroid dienone is 4. The van der Waals surface area contributed by atoms with Gasteiger partial charge in [-0.3, -0.25) is 4.79 Å². The zero-order valence-corrected chi connectivity index (χ0v) is 16.4. The van der Waals surface area contributed by atoms with Crippen molar-refractivity contribution in [2.24, 2.45) is 11.8 Å². The van der Waals surface area contributed by atoms with Crippen LogP contribution in [0.2, 0.25) is 18.1 Å². The Hall–Kier alpha value is -0.833. The number of hydrogen-bond acceptors (Lipinski definition) is 2. The van der Waals surface area contributed by atoms with Gasteiger partial charge in [-0.25, -0.2) is 0 Å². The van der Waals surface area contributed by atoms with Gasteiger partial charge in [0, 0.05) is 12.8 Å². The van der Waals surface area contributed by atoms with Crippen LogP contribution in [0.15, 0.2) is 23.0 Å². The minimum atomic E-state index is -1.74. The molecule has 0 unspecified atom stereocenters. The smallest absolute Gasteiger partial charge is 0.250 e. The molecule has 0 fully saturated rings. The summed E-state index contributed by atoms with van der Waals surface area (Å²) in [5.41, 5.74) is 2.40. The summed E-state index contributed by atoms with van der Waals surface area (Å²) in [5, 5.41) is 0.242. The van der Waals surface area contributed by atoms with E-state index in [4.69, 9.17) is 4.43 Å². The lowest BCUT2D eigenvalue weighted by Gasteiger charge is -2.37. The molecule has 0 N–H and O–H groups in total. The standard InChI is InChI=1S/C19H32O2Si/c1-13-12-15(8-10-17(13)20)16-9-11-18(14(16)2)21-22(6,7)19(3,4)5/h12,15-16H,8-11H2,1-7H3/t15-,16-/m0/s1. The SMILES string of the molecule is CC1=C[C@@H]([C@H]2CCC(O[Si](C)(C)C(C)(C)C)=C2C)CCC1=O. The van der Waals surface area contributed by atoms with Crippen LogP contribution >= 0.6 is 0 Å². The van der Waals surface area contributed by atoms with Crippen molar-refractivity contribution in [1.29, 1.82) is 0 Å². The second-order valence-electron chi connectivity index (χ2n) is 8.59. The van der Waals surface area contributed by atoms with Gasteiger partial charge in [0.15, 0.2) is 5.78 Å². The molecular formula is C19H32O2Si. The molecule has 0 aromatic rings. The first-order valence-corrected chi connectivity index (χ1v) is 11.5. The van der Waals surface area contributed by atoms with E-state index in [0.717, 1.165) is 24.8 Å². The number of carbonyl (C=O) groups is 1. The molecule has 2 nitrogen and oxygen atoms in total. The van der Waals surface area contributed by atoms with Crippen LogP contribution < -0.4 is 0 Å².